The van der Waals surface area contributed by atoms with Crippen LogP contribution in [0.25, 0.3) is 0 Å². The fourth-order valence-electron chi connectivity index (χ4n) is 3.01. The smallest absolute Gasteiger partial charge is 0.303 e. The van der Waals surface area contributed by atoms with E-state index in [0.29, 0.717) is 25.7 Å². The normalized spacial score (nSPS) is 29.6. The Balaban J connectivity index is 2.42. The van der Waals surface area contributed by atoms with E-state index >= 15 is 0 Å². The van der Waals surface area contributed by atoms with E-state index in [9.17, 15) is 20.1 Å². The van der Waals surface area contributed by atoms with Crippen LogP contribution >= 0.6 is 0 Å². The first-order valence-corrected chi connectivity index (χ1v) is 8.55. The maximum absolute atomic E-state index is 10.4. The van der Waals surface area contributed by atoms with Crippen LogP contribution in [-0.2, 0) is 4.79 Å². The summed E-state index contributed by atoms with van der Waals surface area (Å²) in [4.78, 5) is 10.4. The number of aliphatic hydroxyl groups excluding tert-OH is 3. The van der Waals surface area contributed by atoms with Crippen molar-refractivity contribution >= 4 is 5.97 Å². The predicted octanol–water partition coefficient (Wildman–Crippen LogP) is 2.26. The van der Waals surface area contributed by atoms with Crippen molar-refractivity contribution in [2.24, 2.45) is 11.8 Å². The molecule has 0 spiro atoms. The van der Waals surface area contributed by atoms with Crippen LogP contribution in [0.2, 0.25) is 0 Å². The number of aliphatic hydroxyl groups is 3. The van der Waals surface area contributed by atoms with E-state index in [-0.39, 0.29) is 18.3 Å². The summed E-state index contributed by atoms with van der Waals surface area (Å²) in [5, 5.41) is 38.3. The van der Waals surface area contributed by atoms with Crippen LogP contribution in [0.3, 0.4) is 0 Å². The molecule has 1 aliphatic rings. The van der Waals surface area contributed by atoms with Crippen molar-refractivity contribution in [1.29, 1.82) is 0 Å². The minimum atomic E-state index is -0.763. The second-order valence-electron chi connectivity index (χ2n) is 6.32. The van der Waals surface area contributed by atoms with E-state index in [2.05, 4.69) is 0 Å². The Labute approximate surface area is 138 Å². The SMILES string of the molecule is CC[C@H](O)/C=C/[C@H]1[C@@H](C/C=C\CCCCC(=O)O)[C@@H](O)C[C@H]1O. The first-order valence-electron chi connectivity index (χ1n) is 8.55. The van der Waals surface area contributed by atoms with Crippen LogP contribution in [-0.4, -0.2) is 44.7 Å². The molecule has 0 aliphatic heterocycles. The maximum Gasteiger partial charge on any atom is 0.303 e. The highest BCUT2D eigenvalue weighted by molar-refractivity contribution is 5.66. The fourth-order valence-corrected chi connectivity index (χ4v) is 3.01. The fraction of sp³-hybridized carbons (Fsp3) is 0.722. The van der Waals surface area contributed by atoms with Crippen molar-refractivity contribution in [2.75, 3.05) is 0 Å². The van der Waals surface area contributed by atoms with Gasteiger partial charge in [-0.25, -0.2) is 0 Å². The maximum atomic E-state index is 10.4. The van der Waals surface area contributed by atoms with Gasteiger partial charge in [0.2, 0.25) is 0 Å². The Morgan fingerprint density at radius 1 is 1.22 bits per heavy atom. The van der Waals surface area contributed by atoms with Crippen LogP contribution in [0, 0.1) is 11.8 Å². The van der Waals surface area contributed by atoms with Gasteiger partial charge in [-0.2, -0.15) is 0 Å². The minimum absolute atomic E-state index is 0.0411. The summed E-state index contributed by atoms with van der Waals surface area (Å²) in [5.41, 5.74) is 0. The molecule has 23 heavy (non-hydrogen) atoms. The third-order valence-corrected chi connectivity index (χ3v) is 4.48. The molecule has 0 unspecified atom stereocenters. The van der Waals surface area contributed by atoms with Crippen LogP contribution in [0.4, 0.5) is 0 Å². The number of carboxylic acids is 1. The molecule has 4 N–H and O–H groups in total. The van der Waals surface area contributed by atoms with Gasteiger partial charge in [-0.1, -0.05) is 31.2 Å². The number of allylic oxidation sites excluding steroid dienone is 2. The molecule has 5 atom stereocenters. The van der Waals surface area contributed by atoms with E-state index in [1.807, 2.05) is 25.2 Å². The first kappa shape index (κ1) is 19.9. The number of carbonyl (C=O) groups is 1. The topological polar surface area (TPSA) is 98.0 Å². The van der Waals surface area contributed by atoms with Crippen molar-refractivity contribution in [2.45, 2.75) is 70.2 Å². The van der Waals surface area contributed by atoms with Crippen molar-refractivity contribution in [3.63, 3.8) is 0 Å². The molecule has 132 valence electrons. The second kappa shape index (κ2) is 10.6. The molecular formula is C18H30O5. The summed E-state index contributed by atoms with van der Waals surface area (Å²) in [6.07, 6.45) is 10.2. The average Bonchev–Trinajstić information content (AvgIpc) is 2.77. The van der Waals surface area contributed by atoms with Crippen molar-refractivity contribution in [1.82, 2.24) is 0 Å². The third-order valence-electron chi connectivity index (χ3n) is 4.48. The first-order chi connectivity index (χ1) is 11.0. The molecule has 5 heteroatoms. The highest BCUT2D eigenvalue weighted by atomic mass is 16.4. The van der Waals surface area contributed by atoms with Crippen molar-refractivity contribution in [3.05, 3.63) is 24.3 Å². The Kier molecular flexibility index (Phi) is 9.14. The Hall–Kier alpha value is -1.17. The Morgan fingerprint density at radius 3 is 2.61 bits per heavy atom. The molecular weight excluding hydrogens is 296 g/mol. The molecule has 0 radical (unpaired) electrons. The molecule has 0 amide bonds. The lowest BCUT2D eigenvalue weighted by Crippen LogP contribution is -2.20. The molecule has 1 fully saturated rings. The van der Waals surface area contributed by atoms with Gasteiger partial charge in [-0.05, 0) is 38.0 Å². The highest BCUT2D eigenvalue weighted by Gasteiger charge is 2.39. The molecule has 0 aromatic rings. The van der Waals surface area contributed by atoms with Crippen molar-refractivity contribution < 1.29 is 25.2 Å². The number of hydrogen-bond donors (Lipinski definition) is 4. The molecule has 1 rings (SSSR count). The molecule has 0 bridgehead atoms. The highest BCUT2D eigenvalue weighted by Crippen LogP contribution is 2.36. The molecule has 0 heterocycles. The monoisotopic (exact) mass is 326 g/mol. The minimum Gasteiger partial charge on any atom is -0.481 e. The van der Waals surface area contributed by atoms with Gasteiger partial charge in [-0.3, -0.25) is 4.79 Å². The lowest BCUT2D eigenvalue weighted by molar-refractivity contribution is -0.137. The summed E-state index contributed by atoms with van der Waals surface area (Å²) >= 11 is 0. The molecule has 5 nitrogen and oxygen atoms in total. The van der Waals surface area contributed by atoms with Crippen LogP contribution in [0.5, 0.6) is 0 Å². The number of carboxylic acid groups (broad SMARTS) is 1. The predicted molar refractivity (Wildman–Crippen MR) is 88.9 cm³/mol. The molecule has 1 saturated carbocycles. The van der Waals surface area contributed by atoms with E-state index in [0.717, 1.165) is 12.8 Å². The van der Waals surface area contributed by atoms with E-state index in [4.69, 9.17) is 5.11 Å². The second-order valence-corrected chi connectivity index (χ2v) is 6.32. The van der Waals surface area contributed by atoms with Gasteiger partial charge < -0.3 is 20.4 Å². The van der Waals surface area contributed by atoms with Gasteiger partial charge in [0.15, 0.2) is 0 Å². The molecule has 1 aliphatic carbocycles. The van der Waals surface area contributed by atoms with E-state index < -0.39 is 24.3 Å². The zero-order chi connectivity index (χ0) is 17.2. The number of rotatable bonds is 10. The zero-order valence-electron chi connectivity index (χ0n) is 13.8. The summed E-state index contributed by atoms with van der Waals surface area (Å²) in [5.74, 6) is -0.940. The van der Waals surface area contributed by atoms with Gasteiger partial charge in [0.1, 0.15) is 0 Å². The number of aliphatic carboxylic acids is 1. The third kappa shape index (κ3) is 7.29. The quantitative estimate of drug-likeness (QED) is 0.365. The van der Waals surface area contributed by atoms with Crippen LogP contribution < -0.4 is 0 Å². The number of unbranched alkanes of at least 4 members (excludes halogenated alkanes) is 2. The standard InChI is InChI=1S/C18H30O5/c1-2-13(19)10-11-15-14(16(20)12-17(15)21)8-6-4-3-5-7-9-18(22)23/h4,6,10-11,13-17,19-21H,2-3,5,7-9,12H2,1H3,(H,22,23)/b6-4-,11-10+/t13-,14+,15-,16-,17+/m0/s1. The van der Waals surface area contributed by atoms with Gasteiger partial charge in [-0.15, -0.1) is 0 Å². The van der Waals surface area contributed by atoms with Gasteiger partial charge >= 0.3 is 5.97 Å². The summed E-state index contributed by atoms with van der Waals surface area (Å²) in [7, 11) is 0. The van der Waals surface area contributed by atoms with Crippen LogP contribution in [0.15, 0.2) is 24.3 Å². The molecule has 0 saturated heterocycles. The van der Waals surface area contributed by atoms with Gasteiger partial charge in [0.05, 0.1) is 18.3 Å². The largest absolute Gasteiger partial charge is 0.481 e. The van der Waals surface area contributed by atoms with E-state index in [1.54, 1.807) is 6.08 Å². The summed E-state index contributed by atoms with van der Waals surface area (Å²) in [6.45, 7) is 1.89. The number of hydrogen-bond acceptors (Lipinski definition) is 4. The summed E-state index contributed by atoms with van der Waals surface area (Å²) < 4.78 is 0. The molecule has 0 aromatic heterocycles. The zero-order valence-corrected chi connectivity index (χ0v) is 13.8. The van der Waals surface area contributed by atoms with Gasteiger partial charge in [0, 0.05) is 18.8 Å². The Bertz CT molecular complexity index is 404. The summed E-state index contributed by atoms with van der Waals surface area (Å²) in [6, 6.07) is 0. The van der Waals surface area contributed by atoms with E-state index in [1.165, 1.54) is 0 Å². The van der Waals surface area contributed by atoms with Crippen molar-refractivity contribution in [3.8, 4) is 0 Å². The lowest BCUT2D eigenvalue weighted by atomic mass is 9.89. The van der Waals surface area contributed by atoms with Crippen LogP contribution in [0.1, 0.15) is 51.9 Å². The molecule has 0 aromatic carbocycles. The van der Waals surface area contributed by atoms with Gasteiger partial charge in [0.25, 0.3) is 0 Å². The Morgan fingerprint density at radius 2 is 1.96 bits per heavy atom. The average molecular weight is 326 g/mol. The lowest BCUT2D eigenvalue weighted by Gasteiger charge is -2.19.